The molecule has 0 radical (unpaired) electrons. The Balaban J connectivity index is 2.02. The van der Waals surface area contributed by atoms with Crippen molar-refractivity contribution in [2.24, 2.45) is 0 Å². The molecule has 0 amide bonds. The van der Waals surface area contributed by atoms with E-state index in [1.54, 1.807) is 7.11 Å². The van der Waals surface area contributed by atoms with Crippen molar-refractivity contribution in [2.45, 2.75) is 59.0 Å². The molecule has 4 heteroatoms. The molecule has 0 aromatic heterocycles. The largest absolute Gasteiger partial charge is 0.496 e. The molecule has 2 rings (SSSR count). The first-order chi connectivity index (χ1) is 10.5. The van der Waals surface area contributed by atoms with Crippen LogP contribution in [0.3, 0.4) is 0 Å². The lowest BCUT2D eigenvalue weighted by Gasteiger charge is -2.35. The Hall–Kier alpha value is -1.10. The summed E-state index contributed by atoms with van der Waals surface area (Å²) in [6.07, 6.45) is 0.611. The average molecular weight is 306 g/mol. The van der Waals surface area contributed by atoms with Crippen molar-refractivity contribution in [1.29, 1.82) is 0 Å². The van der Waals surface area contributed by atoms with Gasteiger partial charge in [-0.25, -0.2) is 0 Å². The number of ether oxygens (including phenoxy) is 2. The third-order valence-electron chi connectivity index (χ3n) is 3.95. The highest BCUT2D eigenvalue weighted by Crippen LogP contribution is 2.22. The Morgan fingerprint density at radius 3 is 2.55 bits per heavy atom. The Morgan fingerprint density at radius 1 is 1.27 bits per heavy atom. The monoisotopic (exact) mass is 306 g/mol. The zero-order valence-electron chi connectivity index (χ0n) is 14.6. The smallest absolute Gasteiger partial charge is 0.123 e. The van der Waals surface area contributed by atoms with Gasteiger partial charge in [-0.2, -0.15) is 0 Å². The third-order valence-corrected chi connectivity index (χ3v) is 3.95. The van der Waals surface area contributed by atoms with Crippen molar-refractivity contribution in [3.8, 4) is 5.75 Å². The zero-order valence-corrected chi connectivity index (χ0v) is 14.6. The van der Waals surface area contributed by atoms with Crippen LogP contribution in [-0.4, -0.2) is 43.3 Å². The van der Waals surface area contributed by atoms with Gasteiger partial charge in [0.1, 0.15) is 5.75 Å². The van der Waals surface area contributed by atoms with E-state index >= 15 is 0 Å². The number of rotatable bonds is 6. The fourth-order valence-corrected chi connectivity index (χ4v) is 3.02. The molecule has 1 aliphatic rings. The number of hydrogen-bond donors (Lipinski definition) is 1. The SMILES string of the molecule is COc1cc(CN2CC(C)OC(C)C2)ccc1CNC(C)C. The van der Waals surface area contributed by atoms with Crippen LogP contribution in [0, 0.1) is 0 Å². The summed E-state index contributed by atoms with van der Waals surface area (Å²) in [5.74, 6) is 0.972. The zero-order chi connectivity index (χ0) is 16.1. The van der Waals surface area contributed by atoms with Gasteiger partial charge in [0.25, 0.3) is 0 Å². The van der Waals surface area contributed by atoms with E-state index in [4.69, 9.17) is 9.47 Å². The van der Waals surface area contributed by atoms with E-state index in [0.29, 0.717) is 18.2 Å². The lowest BCUT2D eigenvalue weighted by atomic mass is 10.1. The highest BCUT2D eigenvalue weighted by atomic mass is 16.5. The molecule has 1 N–H and O–H groups in total. The standard InChI is InChI=1S/C18H30N2O2/c1-13(2)19-9-17-7-6-16(8-18(17)21-5)12-20-10-14(3)22-15(4)11-20/h6-8,13-15,19H,9-12H2,1-5H3. The van der Waals surface area contributed by atoms with Gasteiger partial charge in [-0.15, -0.1) is 0 Å². The van der Waals surface area contributed by atoms with Gasteiger partial charge < -0.3 is 14.8 Å². The summed E-state index contributed by atoms with van der Waals surface area (Å²) in [6.45, 7) is 12.4. The lowest BCUT2D eigenvalue weighted by Crippen LogP contribution is -2.44. The number of hydrogen-bond acceptors (Lipinski definition) is 4. The van der Waals surface area contributed by atoms with Crippen molar-refractivity contribution < 1.29 is 9.47 Å². The summed E-state index contributed by atoms with van der Waals surface area (Å²) in [5, 5.41) is 3.44. The summed E-state index contributed by atoms with van der Waals surface area (Å²) in [6, 6.07) is 7.03. The minimum atomic E-state index is 0.306. The summed E-state index contributed by atoms with van der Waals surface area (Å²) < 4.78 is 11.4. The van der Waals surface area contributed by atoms with Crippen molar-refractivity contribution >= 4 is 0 Å². The van der Waals surface area contributed by atoms with E-state index in [1.165, 1.54) is 11.1 Å². The minimum absolute atomic E-state index is 0.306. The second-order valence-corrected chi connectivity index (χ2v) is 6.63. The molecule has 1 heterocycles. The molecule has 124 valence electrons. The molecule has 22 heavy (non-hydrogen) atoms. The Bertz CT molecular complexity index is 466. The fourth-order valence-electron chi connectivity index (χ4n) is 3.02. The maximum absolute atomic E-state index is 5.80. The second kappa shape index (κ2) is 7.95. The normalized spacial score (nSPS) is 23.0. The van der Waals surface area contributed by atoms with Gasteiger partial charge in [-0.1, -0.05) is 26.0 Å². The molecule has 1 aromatic carbocycles. The molecule has 1 aliphatic heterocycles. The molecule has 1 fully saturated rings. The molecule has 1 aromatic rings. The maximum Gasteiger partial charge on any atom is 0.123 e. The minimum Gasteiger partial charge on any atom is -0.496 e. The van der Waals surface area contributed by atoms with Crippen LogP contribution < -0.4 is 10.1 Å². The van der Waals surface area contributed by atoms with Gasteiger partial charge in [0, 0.05) is 37.8 Å². The number of nitrogens with one attached hydrogen (secondary N) is 1. The molecular weight excluding hydrogens is 276 g/mol. The first-order valence-electron chi connectivity index (χ1n) is 8.25. The van der Waals surface area contributed by atoms with E-state index in [1.807, 2.05) is 0 Å². The van der Waals surface area contributed by atoms with Crippen molar-refractivity contribution in [3.05, 3.63) is 29.3 Å². The third kappa shape index (κ3) is 4.97. The van der Waals surface area contributed by atoms with Crippen LogP contribution in [0.15, 0.2) is 18.2 Å². The topological polar surface area (TPSA) is 33.7 Å². The van der Waals surface area contributed by atoms with Crippen molar-refractivity contribution in [3.63, 3.8) is 0 Å². The summed E-state index contributed by atoms with van der Waals surface area (Å²) in [7, 11) is 1.75. The maximum atomic E-state index is 5.80. The van der Waals surface area contributed by atoms with Crippen LogP contribution in [0.5, 0.6) is 5.75 Å². The van der Waals surface area contributed by atoms with E-state index in [-0.39, 0.29) is 0 Å². The van der Waals surface area contributed by atoms with E-state index < -0.39 is 0 Å². The van der Waals surface area contributed by atoms with E-state index in [9.17, 15) is 0 Å². The van der Waals surface area contributed by atoms with Crippen LogP contribution >= 0.6 is 0 Å². The predicted molar refractivity (Wildman–Crippen MR) is 90.3 cm³/mol. The van der Waals surface area contributed by atoms with Crippen LogP contribution in [0.2, 0.25) is 0 Å². The molecule has 2 atom stereocenters. The molecular formula is C18H30N2O2. The molecule has 0 spiro atoms. The van der Waals surface area contributed by atoms with E-state index in [2.05, 4.69) is 56.1 Å². The predicted octanol–water partition coefficient (Wildman–Crippen LogP) is 2.80. The number of morpholine rings is 1. The van der Waals surface area contributed by atoms with Crippen molar-refractivity contribution in [2.75, 3.05) is 20.2 Å². The molecule has 0 bridgehead atoms. The van der Waals surface area contributed by atoms with Gasteiger partial charge in [0.05, 0.1) is 19.3 Å². The van der Waals surface area contributed by atoms with Gasteiger partial charge >= 0.3 is 0 Å². The number of methoxy groups -OCH3 is 1. The number of benzene rings is 1. The van der Waals surface area contributed by atoms with Crippen molar-refractivity contribution in [1.82, 2.24) is 10.2 Å². The molecule has 0 saturated carbocycles. The Morgan fingerprint density at radius 2 is 1.95 bits per heavy atom. The first-order valence-corrected chi connectivity index (χ1v) is 8.25. The molecule has 1 saturated heterocycles. The summed E-state index contributed by atoms with van der Waals surface area (Å²) in [5.41, 5.74) is 2.51. The molecule has 0 aliphatic carbocycles. The van der Waals surface area contributed by atoms with Crippen LogP contribution in [-0.2, 0) is 17.8 Å². The number of nitrogens with zero attached hydrogens (tertiary/aromatic N) is 1. The van der Waals surface area contributed by atoms with Crippen LogP contribution in [0.1, 0.15) is 38.8 Å². The Labute approximate surface area is 134 Å². The first kappa shape index (κ1) is 17.3. The lowest BCUT2D eigenvalue weighted by molar-refractivity contribution is -0.0704. The Kier molecular flexibility index (Phi) is 6.24. The average Bonchev–Trinajstić information content (AvgIpc) is 2.44. The van der Waals surface area contributed by atoms with Gasteiger partial charge in [-0.3, -0.25) is 4.90 Å². The second-order valence-electron chi connectivity index (χ2n) is 6.63. The van der Waals surface area contributed by atoms with Crippen LogP contribution in [0.4, 0.5) is 0 Å². The molecule has 2 unspecified atom stereocenters. The van der Waals surface area contributed by atoms with Gasteiger partial charge in [-0.05, 0) is 25.5 Å². The van der Waals surface area contributed by atoms with Crippen LogP contribution in [0.25, 0.3) is 0 Å². The van der Waals surface area contributed by atoms with Gasteiger partial charge in [0.2, 0.25) is 0 Å². The fraction of sp³-hybridized carbons (Fsp3) is 0.667. The molecule has 4 nitrogen and oxygen atoms in total. The summed E-state index contributed by atoms with van der Waals surface area (Å²) >= 11 is 0. The highest BCUT2D eigenvalue weighted by Gasteiger charge is 2.22. The van der Waals surface area contributed by atoms with E-state index in [0.717, 1.165) is 31.9 Å². The summed E-state index contributed by atoms with van der Waals surface area (Å²) in [4.78, 5) is 2.46. The van der Waals surface area contributed by atoms with Gasteiger partial charge in [0.15, 0.2) is 0 Å². The highest BCUT2D eigenvalue weighted by molar-refractivity contribution is 5.37. The quantitative estimate of drug-likeness (QED) is 0.876.